The predicted molar refractivity (Wildman–Crippen MR) is 110 cm³/mol. The predicted octanol–water partition coefficient (Wildman–Crippen LogP) is 2.55. The number of hydrogen-bond acceptors (Lipinski definition) is 5. The SMILES string of the molecule is COc1ccc(CNC(=O)Cn2c(-c3ccc(OC)cc3)nc(C)cc2=O)cc1. The van der Waals surface area contributed by atoms with Crippen molar-refractivity contribution in [2.75, 3.05) is 14.2 Å². The van der Waals surface area contributed by atoms with Crippen LogP contribution < -0.4 is 20.3 Å². The van der Waals surface area contributed by atoms with Crippen LogP contribution in [0.3, 0.4) is 0 Å². The number of aryl methyl sites for hydroxylation is 1. The molecule has 0 bridgehead atoms. The molecule has 0 radical (unpaired) electrons. The van der Waals surface area contributed by atoms with Crippen molar-refractivity contribution in [3.8, 4) is 22.9 Å². The molecule has 1 amide bonds. The standard InChI is InChI=1S/C22H23N3O4/c1-15-12-21(27)25(22(24-15)17-6-10-19(29-3)11-7-17)14-20(26)23-13-16-4-8-18(28-2)9-5-16/h4-12H,13-14H2,1-3H3,(H,23,26). The summed E-state index contributed by atoms with van der Waals surface area (Å²) in [6.07, 6.45) is 0. The Balaban J connectivity index is 1.78. The van der Waals surface area contributed by atoms with Gasteiger partial charge in [0.05, 0.1) is 14.2 Å². The Kier molecular flexibility index (Phi) is 6.29. The lowest BCUT2D eigenvalue weighted by Crippen LogP contribution is -2.33. The van der Waals surface area contributed by atoms with Gasteiger partial charge in [0.25, 0.3) is 5.56 Å². The van der Waals surface area contributed by atoms with Gasteiger partial charge in [0.2, 0.25) is 5.91 Å². The minimum atomic E-state index is -0.275. The van der Waals surface area contributed by atoms with Crippen LogP contribution in [0.4, 0.5) is 0 Å². The van der Waals surface area contributed by atoms with Gasteiger partial charge in [-0.1, -0.05) is 12.1 Å². The molecule has 1 N–H and O–H groups in total. The molecule has 0 saturated heterocycles. The maximum absolute atomic E-state index is 12.5. The van der Waals surface area contributed by atoms with Gasteiger partial charge in [-0.2, -0.15) is 0 Å². The molecular formula is C22H23N3O4. The average molecular weight is 393 g/mol. The zero-order valence-corrected chi connectivity index (χ0v) is 16.6. The number of benzene rings is 2. The zero-order chi connectivity index (χ0) is 20.8. The quantitative estimate of drug-likeness (QED) is 0.667. The summed E-state index contributed by atoms with van der Waals surface area (Å²) in [5, 5.41) is 2.84. The first-order valence-electron chi connectivity index (χ1n) is 9.12. The van der Waals surface area contributed by atoms with Crippen molar-refractivity contribution in [3.63, 3.8) is 0 Å². The molecule has 29 heavy (non-hydrogen) atoms. The van der Waals surface area contributed by atoms with Crippen LogP contribution in [-0.2, 0) is 17.9 Å². The van der Waals surface area contributed by atoms with E-state index in [-0.39, 0.29) is 18.0 Å². The molecule has 3 rings (SSSR count). The summed E-state index contributed by atoms with van der Waals surface area (Å²) in [5.41, 5.74) is 1.98. The fourth-order valence-electron chi connectivity index (χ4n) is 2.88. The summed E-state index contributed by atoms with van der Waals surface area (Å²) in [5.74, 6) is 1.62. The second-order valence-corrected chi connectivity index (χ2v) is 6.50. The van der Waals surface area contributed by atoms with E-state index in [0.29, 0.717) is 23.8 Å². The third-order valence-corrected chi connectivity index (χ3v) is 4.43. The Morgan fingerprint density at radius 2 is 1.59 bits per heavy atom. The lowest BCUT2D eigenvalue weighted by atomic mass is 10.2. The minimum absolute atomic E-state index is 0.121. The molecule has 0 aliphatic rings. The van der Waals surface area contributed by atoms with Crippen molar-refractivity contribution in [2.45, 2.75) is 20.0 Å². The normalized spacial score (nSPS) is 10.4. The molecule has 3 aromatic rings. The van der Waals surface area contributed by atoms with E-state index < -0.39 is 0 Å². The Morgan fingerprint density at radius 3 is 2.17 bits per heavy atom. The monoisotopic (exact) mass is 393 g/mol. The van der Waals surface area contributed by atoms with Gasteiger partial charge in [-0.05, 0) is 48.9 Å². The van der Waals surface area contributed by atoms with Gasteiger partial charge < -0.3 is 14.8 Å². The van der Waals surface area contributed by atoms with Gasteiger partial charge in [-0.3, -0.25) is 14.2 Å². The smallest absolute Gasteiger partial charge is 0.254 e. The second-order valence-electron chi connectivity index (χ2n) is 6.50. The Labute approximate surface area is 168 Å². The van der Waals surface area contributed by atoms with Crippen LogP contribution >= 0.6 is 0 Å². The summed E-state index contributed by atoms with van der Waals surface area (Å²) in [7, 11) is 3.19. The molecule has 0 aliphatic carbocycles. The van der Waals surface area contributed by atoms with Gasteiger partial charge in [-0.25, -0.2) is 4.98 Å². The highest BCUT2D eigenvalue weighted by Gasteiger charge is 2.13. The summed E-state index contributed by atoms with van der Waals surface area (Å²) in [4.78, 5) is 29.5. The van der Waals surface area contributed by atoms with Crippen LogP contribution in [-0.4, -0.2) is 29.7 Å². The Hall–Kier alpha value is -3.61. The lowest BCUT2D eigenvalue weighted by molar-refractivity contribution is -0.121. The van der Waals surface area contributed by atoms with E-state index in [4.69, 9.17) is 9.47 Å². The summed E-state index contributed by atoms with van der Waals surface area (Å²) in [6, 6.07) is 16.0. The first kappa shape index (κ1) is 20.1. The molecule has 0 spiro atoms. The van der Waals surface area contributed by atoms with Gasteiger partial charge in [0.1, 0.15) is 23.9 Å². The number of aromatic nitrogens is 2. The second kappa shape index (κ2) is 9.05. The molecule has 0 fully saturated rings. The fourth-order valence-corrected chi connectivity index (χ4v) is 2.88. The topological polar surface area (TPSA) is 82.4 Å². The van der Waals surface area contributed by atoms with Crippen molar-refractivity contribution in [1.82, 2.24) is 14.9 Å². The zero-order valence-electron chi connectivity index (χ0n) is 16.6. The van der Waals surface area contributed by atoms with Crippen molar-refractivity contribution in [3.05, 3.63) is 76.2 Å². The molecule has 7 nitrogen and oxygen atoms in total. The van der Waals surface area contributed by atoms with E-state index in [1.165, 1.54) is 10.6 Å². The van der Waals surface area contributed by atoms with Gasteiger partial charge >= 0.3 is 0 Å². The molecule has 0 aliphatic heterocycles. The molecule has 0 unspecified atom stereocenters. The van der Waals surface area contributed by atoms with Crippen molar-refractivity contribution in [2.24, 2.45) is 0 Å². The van der Waals surface area contributed by atoms with Crippen molar-refractivity contribution in [1.29, 1.82) is 0 Å². The molecule has 7 heteroatoms. The van der Waals surface area contributed by atoms with E-state index in [0.717, 1.165) is 16.9 Å². The number of hydrogen-bond donors (Lipinski definition) is 1. The highest BCUT2D eigenvalue weighted by Crippen LogP contribution is 2.20. The summed E-state index contributed by atoms with van der Waals surface area (Å²) < 4.78 is 11.7. The molecule has 0 saturated carbocycles. The first-order chi connectivity index (χ1) is 14.0. The molecule has 1 heterocycles. The summed E-state index contributed by atoms with van der Waals surface area (Å²) >= 11 is 0. The molecular weight excluding hydrogens is 370 g/mol. The first-order valence-corrected chi connectivity index (χ1v) is 9.12. The number of nitrogens with zero attached hydrogens (tertiary/aromatic N) is 2. The number of rotatable bonds is 7. The van der Waals surface area contributed by atoms with Crippen LogP contribution in [0.5, 0.6) is 11.5 Å². The average Bonchev–Trinajstić information content (AvgIpc) is 2.74. The molecule has 150 valence electrons. The Morgan fingerprint density at radius 1 is 1.00 bits per heavy atom. The van der Waals surface area contributed by atoms with E-state index in [1.807, 2.05) is 36.4 Å². The molecule has 1 aromatic heterocycles. The van der Waals surface area contributed by atoms with Crippen LogP contribution in [0.25, 0.3) is 11.4 Å². The van der Waals surface area contributed by atoms with Gasteiger partial charge in [0.15, 0.2) is 0 Å². The van der Waals surface area contributed by atoms with Crippen molar-refractivity contribution < 1.29 is 14.3 Å². The van der Waals surface area contributed by atoms with Crippen LogP contribution in [0.15, 0.2) is 59.4 Å². The van der Waals surface area contributed by atoms with Gasteiger partial charge in [0, 0.05) is 23.9 Å². The summed E-state index contributed by atoms with van der Waals surface area (Å²) in [6.45, 7) is 1.99. The van der Waals surface area contributed by atoms with Crippen LogP contribution in [0, 0.1) is 6.92 Å². The van der Waals surface area contributed by atoms with E-state index in [9.17, 15) is 9.59 Å². The number of carbonyl (C=O) groups excluding carboxylic acids is 1. The largest absolute Gasteiger partial charge is 0.497 e. The number of carbonyl (C=O) groups is 1. The van der Waals surface area contributed by atoms with Gasteiger partial charge in [-0.15, -0.1) is 0 Å². The minimum Gasteiger partial charge on any atom is -0.497 e. The molecule has 0 atom stereocenters. The van der Waals surface area contributed by atoms with Crippen LogP contribution in [0.2, 0.25) is 0 Å². The lowest BCUT2D eigenvalue weighted by Gasteiger charge is -2.13. The fraction of sp³-hybridized carbons (Fsp3) is 0.227. The molecule has 2 aromatic carbocycles. The van der Waals surface area contributed by atoms with Crippen molar-refractivity contribution >= 4 is 5.91 Å². The number of amides is 1. The van der Waals surface area contributed by atoms with E-state index >= 15 is 0 Å². The Bertz CT molecular complexity index is 1040. The van der Waals surface area contributed by atoms with E-state index in [1.54, 1.807) is 33.3 Å². The third-order valence-electron chi connectivity index (χ3n) is 4.43. The van der Waals surface area contributed by atoms with E-state index in [2.05, 4.69) is 10.3 Å². The number of nitrogens with one attached hydrogen (secondary N) is 1. The highest BCUT2D eigenvalue weighted by molar-refractivity contribution is 5.76. The number of methoxy groups -OCH3 is 2. The highest BCUT2D eigenvalue weighted by atomic mass is 16.5. The van der Waals surface area contributed by atoms with Crippen LogP contribution in [0.1, 0.15) is 11.3 Å². The number of ether oxygens (including phenoxy) is 2. The third kappa shape index (κ3) is 5.01. The maximum atomic E-state index is 12.5. The maximum Gasteiger partial charge on any atom is 0.254 e.